The molecule has 0 spiro atoms. The maximum Gasteiger partial charge on any atom is 0.213 e. The molecule has 4 unspecified atom stereocenters. The van der Waals surface area contributed by atoms with E-state index in [0.29, 0.717) is 45.6 Å². The van der Waals surface area contributed by atoms with Gasteiger partial charge in [0.2, 0.25) is 10.0 Å². The summed E-state index contributed by atoms with van der Waals surface area (Å²) in [5.41, 5.74) is 4.01. The van der Waals surface area contributed by atoms with E-state index in [1.54, 1.807) is 30.3 Å². The number of hydrogen-bond donors (Lipinski definition) is 2. The summed E-state index contributed by atoms with van der Waals surface area (Å²) in [4.78, 5) is 13.0. The van der Waals surface area contributed by atoms with Crippen molar-refractivity contribution in [1.29, 1.82) is 0 Å². The fraction of sp³-hybridized carbons (Fsp3) is 0.462. The SMILES string of the molecule is CC1(C)C2CCC1(CS(=O)(=O)NC(C1=NNC(c3ccc(Cl)cc3)C1)c1ccc(Cl)cc1Cl)C(=O)C2. The topological polar surface area (TPSA) is 87.6 Å². The summed E-state index contributed by atoms with van der Waals surface area (Å²) in [7, 11) is -3.90. The lowest BCUT2D eigenvalue weighted by Gasteiger charge is -2.36. The van der Waals surface area contributed by atoms with Crippen LogP contribution in [0.1, 0.15) is 62.7 Å². The first kappa shape index (κ1) is 26.0. The Bertz CT molecular complexity index is 1340. The van der Waals surface area contributed by atoms with Crippen molar-refractivity contribution in [3.63, 3.8) is 0 Å². The van der Waals surface area contributed by atoms with E-state index in [-0.39, 0.29) is 28.9 Å². The minimum absolute atomic E-state index is 0.0536. The van der Waals surface area contributed by atoms with Crippen LogP contribution >= 0.6 is 34.8 Å². The van der Waals surface area contributed by atoms with Crippen LogP contribution in [-0.4, -0.2) is 25.7 Å². The summed E-state index contributed by atoms with van der Waals surface area (Å²) in [5, 5.41) is 5.93. The number of nitrogens with zero attached hydrogens (tertiary/aromatic N) is 1. The van der Waals surface area contributed by atoms with Crippen LogP contribution in [0.4, 0.5) is 0 Å². The molecular formula is C26H28Cl3N3O3S. The maximum absolute atomic E-state index is 13.7. The van der Waals surface area contributed by atoms with Crippen molar-refractivity contribution < 1.29 is 13.2 Å². The number of rotatable bonds is 7. The van der Waals surface area contributed by atoms with Gasteiger partial charge in [-0.05, 0) is 59.6 Å². The molecule has 36 heavy (non-hydrogen) atoms. The summed E-state index contributed by atoms with van der Waals surface area (Å²) >= 11 is 18.7. The zero-order valence-corrected chi connectivity index (χ0v) is 23.1. The Hall–Kier alpha value is -1.64. The molecule has 0 saturated heterocycles. The number of fused-ring (bicyclic) bond motifs is 2. The lowest BCUT2D eigenvalue weighted by Crippen LogP contribution is -2.46. The first-order valence-corrected chi connectivity index (χ1v) is 14.8. The molecular weight excluding hydrogens is 541 g/mol. The van der Waals surface area contributed by atoms with E-state index in [4.69, 9.17) is 34.8 Å². The second kappa shape index (κ2) is 9.28. The number of sulfonamides is 1. The summed E-state index contributed by atoms with van der Waals surface area (Å²) in [5.74, 6) is 0.0360. The standard InChI is InChI=1S/C26H28Cl3N3O3S/c1-25(2)16-9-10-26(25,23(33)11-16)14-36(34,35)32-24(19-8-7-18(28)12-20(19)29)22-13-21(30-31-22)15-3-5-17(27)6-4-15/h3-8,12,16,21,24,30,32H,9-11,13-14H2,1-2H3. The van der Waals surface area contributed by atoms with Crippen molar-refractivity contribution in [2.45, 2.75) is 51.6 Å². The van der Waals surface area contributed by atoms with E-state index in [1.807, 2.05) is 26.0 Å². The number of benzene rings is 2. The average Bonchev–Trinajstić information content (AvgIpc) is 3.42. The minimum atomic E-state index is -3.90. The van der Waals surface area contributed by atoms with E-state index in [9.17, 15) is 13.2 Å². The molecule has 2 saturated carbocycles. The van der Waals surface area contributed by atoms with Gasteiger partial charge in [0.25, 0.3) is 0 Å². The maximum atomic E-state index is 13.7. The van der Waals surface area contributed by atoms with Crippen LogP contribution < -0.4 is 10.1 Å². The minimum Gasteiger partial charge on any atom is -0.302 e. The van der Waals surface area contributed by atoms with Gasteiger partial charge in [0.1, 0.15) is 5.78 Å². The smallest absolute Gasteiger partial charge is 0.213 e. The summed E-state index contributed by atoms with van der Waals surface area (Å²) < 4.78 is 30.2. The Kier molecular flexibility index (Phi) is 6.70. The van der Waals surface area contributed by atoms with Gasteiger partial charge in [0, 0.05) is 33.3 Å². The van der Waals surface area contributed by atoms with Crippen molar-refractivity contribution in [2.24, 2.45) is 21.8 Å². The molecule has 2 aliphatic carbocycles. The second-order valence-corrected chi connectivity index (χ2v) is 13.7. The van der Waals surface area contributed by atoms with Crippen LogP contribution in [0.2, 0.25) is 15.1 Å². The van der Waals surface area contributed by atoms with Gasteiger partial charge < -0.3 is 5.43 Å². The highest BCUT2D eigenvalue weighted by Gasteiger charge is 2.65. The van der Waals surface area contributed by atoms with Crippen molar-refractivity contribution >= 4 is 56.3 Å². The number of hydrogen-bond acceptors (Lipinski definition) is 5. The number of ketones is 1. The van der Waals surface area contributed by atoms with Crippen LogP contribution in [0.5, 0.6) is 0 Å². The van der Waals surface area contributed by atoms with Crippen LogP contribution in [0, 0.1) is 16.7 Å². The monoisotopic (exact) mass is 567 g/mol. The zero-order valence-electron chi connectivity index (χ0n) is 20.0. The molecule has 1 aliphatic heterocycles. The van der Waals surface area contributed by atoms with Crippen LogP contribution in [0.25, 0.3) is 0 Å². The fourth-order valence-electron chi connectivity index (χ4n) is 6.23. The second-order valence-electron chi connectivity index (χ2n) is 10.7. The summed E-state index contributed by atoms with van der Waals surface area (Å²) in [6.45, 7) is 4.06. The van der Waals surface area contributed by atoms with Gasteiger partial charge in [-0.1, -0.05) is 66.8 Å². The van der Waals surface area contributed by atoms with Gasteiger partial charge in [-0.3, -0.25) is 4.79 Å². The number of carbonyl (C=O) groups is 1. The normalized spacial score (nSPS) is 27.7. The third kappa shape index (κ3) is 4.47. The average molecular weight is 569 g/mol. The van der Waals surface area contributed by atoms with E-state index in [2.05, 4.69) is 15.2 Å². The van der Waals surface area contributed by atoms with Crippen molar-refractivity contribution in [1.82, 2.24) is 10.1 Å². The van der Waals surface area contributed by atoms with Gasteiger partial charge in [-0.25, -0.2) is 13.1 Å². The summed E-state index contributed by atoms with van der Waals surface area (Å²) in [6.07, 6.45) is 2.39. The number of Topliss-reactive ketones (excluding diaryl/α,β-unsaturated/α-hetero) is 1. The molecule has 2 fully saturated rings. The van der Waals surface area contributed by atoms with E-state index < -0.39 is 21.5 Å². The quantitative estimate of drug-likeness (QED) is 0.423. The van der Waals surface area contributed by atoms with Crippen LogP contribution in [-0.2, 0) is 14.8 Å². The van der Waals surface area contributed by atoms with E-state index in [0.717, 1.165) is 12.0 Å². The molecule has 1 heterocycles. The van der Waals surface area contributed by atoms with Crippen LogP contribution in [0.3, 0.4) is 0 Å². The third-order valence-corrected chi connectivity index (χ3v) is 10.8. The van der Waals surface area contributed by atoms with Crippen molar-refractivity contribution in [2.75, 3.05) is 5.75 Å². The van der Waals surface area contributed by atoms with Crippen LogP contribution in [0.15, 0.2) is 47.6 Å². The highest BCUT2D eigenvalue weighted by molar-refractivity contribution is 7.89. The van der Waals surface area contributed by atoms with E-state index >= 15 is 0 Å². The molecule has 6 nitrogen and oxygen atoms in total. The molecule has 5 rings (SSSR count). The molecule has 2 bridgehead atoms. The zero-order chi connectivity index (χ0) is 25.9. The molecule has 0 amide bonds. The highest BCUT2D eigenvalue weighted by atomic mass is 35.5. The first-order valence-electron chi connectivity index (χ1n) is 12.0. The molecule has 192 valence electrons. The van der Waals surface area contributed by atoms with Gasteiger partial charge in [0.05, 0.1) is 23.5 Å². The molecule has 0 aromatic heterocycles. The molecule has 2 aromatic carbocycles. The molecule has 2 N–H and O–H groups in total. The predicted molar refractivity (Wildman–Crippen MR) is 144 cm³/mol. The Balaban J connectivity index is 1.45. The Morgan fingerprint density at radius 1 is 1.08 bits per heavy atom. The summed E-state index contributed by atoms with van der Waals surface area (Å²) in [6, 6.07) is 11.5. The number of halogens is 3. The molecule has 3 aliphatic rings. The number of hydrazone groups is 1. The number of carbonyl (C=O) groups excluding carboxylic acids is 1. The lowest BCUT2D eigenvalue weighted by molar-refractivity contribution is -0.128. The van der Waals surface area contributed by atoms with E-state index in [1.165, 1.54) is 0 Å². The molecule has 4 atom stereocenters. The van der Waals surface area contributed by atoms with Crippen molar-refractivity contribution in [3.8, 4) is 0 Å². The Labute approximate surface area is 226 Å². The first-order chi connectivity index (χ1) is 16.9. The van der Waals surface area contributed by atoms with Gasteiger partial charge in [-0.2, -0.15) is 5.10 Å². The molecule has 2 aromatic rings. The lowest BCUT2D eigenvalue weighted by atomic mass is 9.70. The Morgan fingerprint density at radius 2 is 1.78 bits per heavy atom. The Morgan fingerprint density at radius 3 is 2.39 bits per heavy atom. The largest absolute Gasteiger partial charge is 0.302 e. The number of nitrogens with one attached hydrogen (secondary N) is 2. The predicted octanol–water partition coefficient (Wildman–Crippen LogP) is 6.09. The van der Waals surface area contributed by atoms with Crippen molar-refractivity contribution in [3.05, 3.63) is 68.7 Å². The van der Waals surface area contributed by atoms with Gasteiger partial charge >= 0.3 is 0 Å². The molecule has 0 radical (unpaired) electrons. The van der Waals surface area contributed by atoms with Gasteiger partial charge in [0.15, 0.2) is 0 Å². The van der Waals surface area contributed by atoms with Gasteiger partial charge in [-0.15, -0.1) is 0 Å². The highest BCUT2D eigenvalue weighted by Crippen LogP contribution is 2.64. The fourth-order valence-corrected chi connectivity index (χ4v) is 8.91. The third-order valence-electron chi connectivity index (χ3n) is 8.53. The molecule has 10 heteroatoms.